The average molecular weight is 373 g/mol. The van der Waals surface area contributed by atoms with Crippen LogP contribution in [0.4, 0.5) is 4.79 Å². The van der Waals surface area contributed by atoms with E-state index in [2.05, 4.69) is 5.32 Å². The molecule has 0 aliphatic carbocycles. The van der Waals surface area contributed by atoms with E-state index in [-0.39, 0.29) is 6.61 Å². The number of alkyl carbamates (subject to hydrolysis) is 1. The Labute approximate surface area is 160 Å². The van der Waals surface area contributed by atoms with E-state index in [1.807, 2.05) is 30.3 Å². The normalized spacial score (nSPS) is 12.2. The van der Waals surface area contributed by atoms with Crippen molar-refractivity contribution in [2.75, 3.05) is 13.7 Å². The zero-order valence-electron chi connectivity index (χ0n) is 16.2. The molecule has 0 fully saturated rings. The number of amides is 1. The highest BCUT2D eigenvalue weighted by Crippen LogP contribution is 2.31. The Balaban J connectivity index is 2.14. The molecule has 0 heterocycles. The first-order valence-electron chi connectivity index (χ1n) is 8.77. The number of carbonyl (C=O) groups excluding carboxylic acids is 1. The van der Waals surface area contributed by atoms with Gasteiger partial charge in [-0.15, -0.1) is 0 Å². The molecule has 6 heteroatoms. The molecule has 0 saturated heterocycles. The maximum absolute atomic E-state index is 12.0. The van der Waals surface area contributed by atoms with Crippen molar-refractivity contribution in [3.63, 3.8) is 0 Å². The summed E-state index contributed by atoms with van der Waals surface area (Å²) in [6.45, 7) is 5.45. The molecule has 2 rings (SSSR count). The summed E-state index contributed by atoms with van der Waals surface area (Å²) in [4.78, 5) is 12.0. The molecule has 1 atom stereocenters. The number of methoxy groups -OCH3 is 1. The predicted octanol–water partition coefficient (Wildman–Crippen LogP) is 3.83. The molecular formula is C21H27NO5. The number of hydrogen-bond donors (Lipinski definition) is 2. The van der Waals surface area contributed by atoms with Gasteiger partial charge < -0.3 is 24.6 Å². The van der Waals surface area contributed by atoms with Crippen LogP contribution in [-0.2, 0) is 11.3 Å². The quantitative estimate of drug-likeness (QED) is 0.771. The lowest BCUT2D eigenvalue weighted by Gasteiger charge is -2.23. The summed E-state index contributed by atoms with van der Waals surface area (Å²) < 4.78 is 16.5. The van der Waals surface area contributed by atoms with Crippen LogP contribution in [0.1, 0.15) is 37.9 Å². The van der Waals surface area contributed by atoms with Gasteiger partial charge in [-0.3, -0.25) is 0 Å². The third-order valence-electron chi connectivity index (χ3n) is 3.70. The fraction of sp³-hybridized carbons (Fsp3) is 0.381. The first kappa shape index (κ1) is 20.6. The minimum Gasteiger partial charge on any atom is -0.493 e. The summed E-state index contributed by atoms with van der Waals surface area (Å²) >= 11 is 0. The fourth-order valence-electron chi connectivity index (χ4n) is 2.44. The number of aliphatic hydroxyl groups is 1. The van der Waals surface area contributed by atoms with Gasteiger partial charge in [0, 0.05) is 0 Å². The van der Waals surface area contributed by atoms with Crippen LogP contribution in [0, 0.1) is 0 Å². The molecule has 0 aromatic heterocycles. The van der Waals surface area contributed by atoms with Gasteiger partial charge in [-0.2, -0.15) is 0 Å². The van der Waals surface area contributed by atoms with Gasteiger partial charge >= 0.3 is 6.09 Å². The highest BCUT2D eigenvalue weighted by atomic mass is 16.6. The molecule has 0 spiro atoms. The highest BCUT2D eigenvalue weighted by Gasteiger charge is 2.21. The molecule has 6 nitrogen and oxygen atoms in total. The van der Waals surface area contributed by atoms with Crippen LogP contribution in [0.15, 0.2) is 48.5 Å². The highest BCUT2D eigenvalue weighted by molar-refractivity contribution is 5.68. The van der Waals surface area contributed by atoms with Crippen molar-refractivity contribution in [3.8, 4) is 11.5 Å². The minimum absolute atomic E-state index is 0.274. The Morgan fingerprint density at radius 2 is 1.81 bits per heavy atom. The molecule has 2 aromatic carbocycles. The molecule has 0 aliphatic heterocycles. The molecular weight excluding hydrogens is 346 g/mol. The van der Waals surface area contributed by atoms with Gasteiger partial charge in [0.15, 0.2) is 11.5 Å². The van der Waals surface area contributed by atoms with Crippen molar-refractivity contribution in [1.29, 1.82) is 0 Å². The molecule has 2 N–H and O–H groups in total. The first-order chi connectivity index (χ1) is 12.8. The average Bonchev–Trinajstić information content (AvgIpc) is 2.63. The molecule has 0 unspecified atom stereocenters. The maximum Gasteiger partial charge on any atom is 0.408 e. The second-order valence-electron chi connectivity index (χ2n) is 7.07. The molecule has 27 heavy (non-hydrogen) atoms. The van der Waals surface area contributed by atoms with Gasteiger partial charge in [-0.05, 0) is 44.0 Å². The topological polar surface area (TPSA) is 77.0 Å². The van der Waals surface area contributed by atoms with E-state index in [1.54, 1.807) is 46.1 Å². The van der Waals surface area contributed by atoms with Crippen molar-refractivity contribution in [2.24, 2.45) is 0 Å². The Morgan fingerprint density at radius 3 is 2.41 bits per heavy atom. The van der Waals surface area contributed by atoms with E-state index in [4.69, 9.17) is 14.2 Å². The minimum atomic E-state index is -0.621. The third-order valence-corrected chi connectivity index (χ3v) is 3.70. The van der Waals surface area contributed by atoms with Crippen LogP contribution in [0.25, 0.3) is 0 Å². The van der Waals surface area contributed by atoms with Crippen molar-refractivity contribution in [2.45, 2.75) is 39.0 Å². The van der Waals surface area contributed by atoms with Crippen LogP contribution >= 0.6 is 0 Å². The lowest BCUT2D eigenvalue weighted by atomic mass is 10.1. The van der Waals surface area contributed by atoms with Crippen molar-refractivity contribution >= 4 is 6.09 Å². The standard InChI is InChI=1S/C21H27NO5/c1-21(2,3)27-20(24)22-17(13-23)16-10-11-18(25-4)19(12-16)26-14-15-8-6-5-7-9-15/h5-12,17,23H,13-14H2,1-4H3,(H,22,24)/t17-/m0/s1. The second-order valence-corrected chi connectivity index (χ2v) is 7.07. The van der Waals surface area contributed by atoms with Crippen LogP contribution in [-0.4, -0.2) is 30.5 Å². The number of rotatable bonds is 7. The van der Waals surface area contributed by atoms with E-state index in [0.29, 0.717) is 23.7 Å². The van der Waals surface area contributed by atoms with Crippen molar-refractivity contribution < 1.29 is 24.1 Å². The summed E-state index contributed by atoms with van der Waals surface area (Å²) in [5.41, 5.74) is 1.09. The van der Waals surface area contributed by atoms with E-state index in [0.717, 1.165) is 5.56 Å². The van der Waals surface area contributed by atoms with E-state index >= 15 is 0 Å². The summed E-state index contributed by atoms with van der Waals surface area (Å²) in [6.07, 6.45) is -0.593. The number of ether oxygens (including phenoxy) is 3. The maximum atomic E-state index is 12.0. The number of carbonyl (C=O) groups is 1. The van der Waals surface area contributed by atoms with Crippen molar-refractivity contribution in [1.82, 2.24) is 5.32 Å². The molecule has 146 valence electrons. The second kappa shape index (κ2) is 9.28. The van der Waals surface area contributed by atoms with Gasteiger partial charge in [0.25, 0.3) is 0 Å². The number of nitrogens with one attached hydrogen (secondary N) is 1. The zero-order chi connectivity index (χ0) is 19.9. The van der Waals surface area contributed by atoms with Crippen LogP contribution < -0.4 is 14.8 Å². The van der Waals surface area contributed by atoms with Gasteiger partial charge in [0.05, 0.1) is 19.8 Å². The zero-order valence-corrected chi connectivity index (χ0v) is 16.2. The SMILES string of the molecule is COc1ccc([C@H](CO)NC(=O)OC(C)(C)C)cc1OCc1ccccc1. The predicted molar refractivity (Wildman–Crippen MR) is 103 cm³/mol. The molecule has 0 bridgehead atoms. The lowest BCUT2D eigenvalue weighted by Crippen LogP contribution is -2.36. The van der Waals surface area contributed by atoms with Gasteiger partial charge in [-0.1, -0.05) is 36.4 Å². The summed E-state index contributed by atoms with van der Waals surface area (Å²) in [5, 5.41) is 12.4. The van der Waals surface area contributed by atoms with E-state index in [9.17, 15) is 9.90 Å². The molecule has 0 radical (unpaired) electrons. The fourth-order valence-corrected chi connectivity index (χ4v) is 2.44. The summed E-state index contributed by atoms with van der Waals surface area (Å²) in [5.74, 6) is 1.10. The molecule has 1 amide bonds. The van der Waals surface area contributed by atoms with Crippen LogP contribution in [0.3, 0.4) is 0 Å². The lowest BCUT2D eigenvalue weighted by molar-refractivity contribution is 0.0481. The van der Waals surface area contributed by atoms with Crippen LogP contribution in [0.2, 0.25) is 0 Å². The van der Waals surface area contributed by atoms with Gasteiger partial charge in [0.2, 0.25) is 0 Å². The Morgan fingerprint density at radius 1 is 1.11 bits per heavy atom. The van der Waals surface area contributed by atoms with Gasteiger partial charge in [-0.25, -0.2) is 4.79 Å². The number of benzene rings is 2. The Hall–Kier alpha value is -2.73. The summed E-state index contributed by atoms with van der Waals surface area (Å²) in [6, 6.07) is 14.4. The number of hydrogen-bond acceptors (Lipinski definition) is 5. The number of aliphatic hydroxyl groups excluding tert-OH is 1. The summed E-state index contributed by atoms with van der Waals surface area (Å²) in [7, 11) is 1.56. The molecule has 0 aliphatic rings. The van der Waals surface area contributed by atoms with Gasteiger partial charge in [0.1, 0.15) is 12.2 Å². The Kier molecular flexibility index (Phi) is 7.07. The van der Waals surface area contributed by atoms with E-state index < -0.39 is 17.7 Å². The smallest absolute Gasteiger partial charge is 0.408 e. The van der Waals surface area contributed by atoms with Crippen molar-refractivity contribution in [3.05, 3.63) is 59.7 Å². The third kappa shape index (κ3) is 6.49. The van der Waals surface area contributed by atoms with E-state index in [1.165, 1.54) is 0 Å². The van der Waals surface area contributed by atoms with Crippen LogP contribution in [0.5, 0.6) is 11.5 Å². The first-order valence-corrected chi connectivity index (χ1v) is 8.77. The Bertz CT molecular complexity index is 740. The largest absolute Gasteiger partial charge is 0.493 e. The molecule has 0 saturated carbocycles. The molecule has 2 aromatic rings. The monoisotopic (exact) mass is 373 g/mol.